The Kier molecular flexibility index (Phi) is 3.02. The van der Waals surface area contributed by atoms with Crippen molar-refractivity contribution in [2.45, 2.75) is 25.3 Å². The molecular weight excluding hydrogens is 224 g/mol. The zero-order valence-corrected chi connectivity index (χ0v) is 10.4. The molecule has 0 aromatic carbocycles. The first-order chi connectivity index (χ1) is 8.88. The van der Waals surface area contributed by atoms with E-state index in [-0.39, 0.29) is 0 Å². The Balaban J connectivity index is 2.00. The summed E-state index contributed by atoms with van der Waals surface area (Å²) in [5.41, 5.74) is 3.25. The standard InChI is InChI=1S/C14H16N4/c1-15-8-11-9-17-14(12-4-2-3-7-16-12)18-13(11)10-5-6-10/h2-4,7,9-10,15H,5-6,8H2,1H3. The van der Waals surface area contributed by atoms with Gasteiger partial charge in [0.2, 0.25) is 0 Å². The van der Waals surface area contributed by atoms with Gasteiger partial charge in [0.1, 0.15) is 5.69 Å². The number of rotatable bonds is 4. The Morgan fingerprint density at radius 3 is 2.83 bits per heavy atom. The second-order valence-corrected chi connectivity index (χ2v) is 4.62. The van der Waals surface area contributed by atoms with Crippen LogP contribution in [0, 0.1) is 0 Å². The summed E-state index contributed by atoms with van der Waals surface area (Å²) in [5.74, 6) is 1.36. The van der Waals surface area contributed by atoms with E-state index in [0.29, 0.717) is 5.92 Å². The van der Waals surface area contributed by atoms with Gasteiger partial charge < -0.3 is 5.32 Å². The Morgan fingerprint density at radius 2 is 2.17 bits per heavy atom. The molecule has 0 spiro atoms. The molecule has 3 rings (SSSR count). The van der Waals surface area contributed by atoms with Crippen LogP contribution >= 0.6 is 0 Å². The minimum absolute atomic E-state index is 0.624. The van der Waals surface area contributed by atoms with Crippen LogP contribution in [0.2, 0.25) is 0 Å². The molecule has 4 nitrogen and oxygen atoms in total. The summed E-state index contributed by atoms with van der Waals surface area (Å²) in [6.07, 6.45) is 6.20. The Labute approximate surface area is 107 Å². The molecule has 2 aromatic rings. The van der Waals surface area contributed by atoms with E-state index in [1.54, 1.807) is 6.20 Å². The molecule has 1 saturated carbocycles. The monoisotopic (exact) mass is 240 g/mol. The maximum absolute atomic E-state index is 4.71. The molecule has 0 unspecified atom stereocenters. The molecule has 0 bridgehead atoms. The lowest BCUT2D eigenvalue weighted by Crippen LogP contribution is -2.10. The molecule has 0 radical (unpaired) electrons. The largest absolute Gasteiger partial charge is 0.316 e. The lowest BCUT2D eigenvalue weighted by atomic mass is 10.1. The average Bonchev–Trinajstić information content (AvgIpc) is 3.25. The van der Waals surface area contributed by atoms with E-state index in [9.17, 15) is 0 Å². The first-order valence-electron chi connectivity index (χ1n) is 6.30. The summed E-state index contributed by atoms with van der Waals surface area (Å²) in [7, 11) is 1.95. The summed E-state index contributed by atoms with van der Waals surface area (Å²) < 4.78 is 0. The van der Waals surface area contributed by atoms with Crippen LogP contribution in [0.5, 0.6) is 0 Å². The topological polar surface area (TPSA) is 50.7 Å². The van der Waals surface area contributed by atoms with E-state index in [1.807, 2.05) is 31.4 Å². The maximum atomic E-state index is 4.71. The molecule has 1 fully saturated rings. The molecule has 0 aliphatic heterocycles. The van der Waals surface area contributed by atoms with Crippen molar-refractivity contribution in [3.8, 4) is 11.5 Å². The van der Waals surface area contributed by atoms with E-state index in [2.05, 4.69) is 15.3 Å². The summed E-state index contributed by atoms with van der Waals surface area (Å²) in [5, 5.41) is 3.17. The first-order valence-corrected chi connectivity index (χ1v) is 6.30. The van der Waals surface area contributed by atoms with E-state index >= 15 is 0 Å². The second-order valence-electron chi connectivity index (χ2n) is 4.62. The van der Waals surface area contributed by atoms with Crippen LogP contribution < -0.4 is 5.32 Å². The van der Waals surface area contributed by atoms with Crippen LogP contribution in [0.15, 0.2) is 30.6 Å². The highest BCUT2D eigenvalue weighted by molar-refractivity contribution is 5.49. The van der Waals surface area contributed by atoms with Crippen molar-refractivity contribution in [1.82, 2.24) is 20.3 Å². The van der Waals surface area contributed by atoms with E-state index in [0.717, 1.165) is 18.1 Å². The molecule has 0 atom stereocenters. The number of pyridine rings is 1. The minimum Gasteiger partial charge on any atom is -0.316 e. The maximum Gasteiger partial charge on any atom is 0.178 e. The Bertz CT molecular complexity index is 535. The van der Waals surface area contributed by atoms with Crippen molar-refractivity contribution in [2.24, 2.45) is 0 Å². The zero-order chi connectivity index (χ0) is 12.4. The fraction of sp³-hybridized carbons (Fsp3) is 0.357. The zero-order valence-electron chi connectivity index (χ0n) is 10.4. The van der Waals surface area contributed by atoms with Crippen molar-refractivity contribution >= 4 is 0 Å². The SMILES string of the molecule is CNCc1cnc(-c2ccccn2)nc1C1CC1. The molecule has 18 heavy (non-hydrogen) atoms. The first kappa shape index (κ1) is 11.3. The van der Waals surface area contributed by atoms with Crippen molar-refractivity contribution < 1.29 is 0 Å². The number of nitrogens with zero attached hydrogens (tertiary/aromatic N) is 3. The molecular formula is C14H16N4. The summed E-state index contributed by atoms with van der Waals surface area (Å²) >= 11 is 0. The lowest BCUT2D eigenvalue weighted by Gasteiger charge is -2.08. The molecule has 1 N–H and O–H groups in total. The van der Waals surface area contributed by atoms with Gasteiger partial charge in [-0.15, -0.1) is 0 Å². The van der Waals surface area contributed by atoms with E-state index in [1.165, 1.54) is 24.1 Å². The van der Waals surface area contributed by atoms with Gasteiger partial charge in [-0.25, -0.2) is 9.97 Å². The fourth-order valence-corrected chi connectivity index (χ4v) is 2.08. The van der Waals surface area contributed by atoms with Gasteiger partial charge in [0.05, 0.1) is 5.69 Å². The quantitative estimate of drug-likeness (QED) is 0.889. The van der Waals surface area contributed by atoms with Crippen molar-refractivity contribution in [3.05, 3.63) is 41.9 Å². The van der Waals surface area contributed by atoms with Crippen molar-refractivity contribution in [2.75, 3.05) is 7.05 Å². The van der Waals surface area contributed by atoms with Crippen LogP contribution in [0.25, 0.3) is 11.5 Å². The predicted octanol–water partition coefficient (Wildman–Crippen LogP) is 2.14. The number of nitrogens with one attached hydrogen (secondary N) is 1. The van der Waals surface area contributed by atoms with Crippen molar-refractivity contribution in [1.29, 1.82) is 0 Å². The van der Waals surface area contributed by atoms with Crippen LogP contribution in [0.3, 0.4) is 0 Å². The molecule has 1 aliphatic rings. The molecule has 2 aromatic heterocycles. The van der Waals surface area contributed by atoms with Gasteiger partial charge >= 0.3 is 0 Å². The number of hydrogen-bond acceptors (Lipinski definition) is 4. The molecule has 0 amide bonds. The molecule has 0 saturated heterocycles. The van der Waals surface area contributed by atoms with Gasteiger partial charge in [0, 0.05) is 30.4 Å². The molecule has 4 heteroatoms. The predicted molar refractivity (Wildman–Crippen MR) is 70.0 cm³/mol. The molecule has 2 heterocycles. The van der Waals surface area contributed by atoms with Gasteiger partial charge in [-0.05, 0) is 32.0 Å². The Hall–Kier alpha value is -1.81. The highest BCUT2D eigenvalue weighted by Gasteiger charge is 2.28. The van der Waals surface area contributed by atoms with Crippen LogP contribution in [-0.2, 0) is 6.54 Å². The highest BCUT2D eigenvalue weighted by atomic mass is 14.9. The van der Waals surface area contributed by atoms with Gasteiger partial charge in [-0.2, -0.15) is 0 Å². The number of aromatic nitrogens is 3. The normalized spacial score (nSPS) is 14.7. The average molecular weight is 240 g/mol. The smallest absolute Gasteiger partial charge is 0.178 e. The Morgan fingerprint density at radius 1 is 1.28 bits per heavy atom. The second kappa shape index (κ2) is 4.82. The summed E-state index contributed by atoms with van der Waals surface area (Å²) in [4.78, 5) is 13.4. The van der Waals surface area contributed by atoms with Crippen LogP contribution in [0.4, 0.5) is 0 Å². The van der Waals surface area contributed by atoms with Gasteiger partial charge in [-0.1, -0.05) is 6.07 Å². The molecule has 92 valence electrons. The highest BCUT2D eigenvalue weighted by Crippen LogP contribution is 2.40. The minimum atomic E-state index is 0.624. The molecule has 1 aliphatic carbocycles. The van der Waals surface area contributed by atoms with Gasteiger partial charge in [0.15, 0.2) is 5.82 Å². The van der Waals surface area contributed by atoms with Crippen molar-refractivity contribution in [3.63, 3.8) is 0 Å². The number of hydrogen-bond donors (Lipinski definition) is 1. The summed E-state index contributed by atoms with van der Waals surface area (Å²) in [6.45, 7) is 0.828. The third kappa shape index (κ3) is 2.24. The van der Waals surface area contributed by atoms with Crippen LogP contribution in [-0.4, -0.2) is 22.0 Å². The van der Waals surface area contributed by atoms with Gasteiger partial charge in [0.25, 0.3) is 0 Å². The summed E-state index contributed by atoms with van der Waals surface area (Å²) in [6, 6.07) is 5.81. The van der Waals surface area contributed by atoms with Gasteiger partial charge in [-0.3, -0.25) is 4.98 Å². The van der Waals surface area contributed by atoms with E-state index < -0.39 is 0 Å². The van der Waals surface area contributed by atoms with E-state index in [4.69, 9.17) is 4.98 Å². The fourth-order valence-electron chi connectivity index (χ4n) is 2.08. The van der Waals surface area contributed by atoms with Crippen LogP contribution in [0.1, 0.15) is 30.0 Å². The lowest BCUT2D eigenvalue weighted by molar-refractivity contribution is 0.784. The third-order valence-corrected chi connectivity index (χ3v) is 3.12. The third-order valence-electron chi connectivity index (χ3n) is 3.12.